The van der Waals surface area contributed by atoms with E-state index in [1.54, 1.807) is 0 Å². The molecule has 0 N–H and O–H groups in total. The first-order valence-corrected chi connectivity index (χ1v) is 8.96. The number of hydrogen-bond donors (Lipinski definition) is 0. The van der Waals surface area contributed by atoms with Crippen molar-refractivity contribution in [2.75, 3.05) is 19.7 Å². The number of nitrogens with zero attached hydrogens (tertiary/aromatic N) is 4. The van der Waals surface area contributed by atoms with Gasteiger partial charge in [-0.3, -0.25) is 14.6 Å². The highest BCUT2D eigenvalue weighted by Crippen LogP contribution is 2.36. The molecule has 1 unspecified atom stereocenters. The van der Waals surface area contributed by atoms with Gasteiger partial charge in [0.05, 0.1) is 24.5 Å². The highest BCUT2D eigenvalue weighted by atomic mass is 16.5. The fourth-order valence-electron chi connectivity index (χ4n) is 3.95. The van der Waals surface area contributed by atoms with E-state index in [9.17, 15) is 0 Å². The van der Waals surface area contributed by atoms with Crippen LogP contribution in [0.15, 0.2) is 30.9 Å². The first-order valence-electron chi connectivity index (χ1n) is 8.96. The summed E-state index contributed by atoms with van der Waals surface area (Å²) in [6, 6.07) is 2.14. The van der Waals surface area contributed by atoms with Crippen LogP contribution in [0.4, 0.5) is 0 Å². The van der Waals surface area contributed by atoms with Crippen LogP contribution in [0.2, 0.25) is 0 Å². The van der Waals surface area contributed by atoms with Gasteiger partial charge in [-0.05, 0) is 24.5 Å². The molecule has 25 heavy (non-hydrogen) atoms. The van der Waals surface area contributed by atoms with Crippen LogP contribution in [0.1, 0.15) is 29.5 Å². The summed E-state index contributed by atoms with van der Waals surface area (Å²) >= 11 is 0. The predicted octanol–water partition coefficient (Wildman–Crippen LogP) is 2.07. The summed E-state index contributed by atoms with van der Waals surface area (Å²) in [4.78, 5) is 6.66. The van der Waals surface area contributed by atoms with Crippen LogP contribution in [0.25, 0.3) is 0 Å². The minimum atomic E-state index is -0.0179. The molecule has 1 atom stereocenters. The van der Waals surface area contributed by atoms with E-state index in [0.29, 0.717) is 6.61 Å². The van der Waals surface area contributed by atoms with Crippen LogP contribution in [0.5, 0.6) is 0 Å². The van der Waals surface area contributed by atoms with Crippen molar-refractivity contribution in [2.45, 2.75) is 44.6 Å². The molecule has 2 aliphatic rings. The number of rotatable bonds is 5. The lowest BCUT2D eigenvalue weighted by Gasteiger charge is -2.53. The third-order valence-electron chi connectivity index (χ3n) is 5.05. The normalized spacial score (nSPS) is 22.9. The van der Waals surface area contributed by atoms with Crippen molar-refractivity contribution < 1.29 is 9.47 Å². The van der Waals surface area contributed by atoms with Crippen molar-refractivity contribution >= 4 is 0 Å². The minimum absolute atomic E-state index is 0.0179. The molecule has 0 radical (unpaired) electrons. The van der Waals surface area contributed by atoms with Crippen LogP contribution >= 0.6 is 0 Å². The molecular weight excluding hydrogens is 316 g/mol. The smallest absolute Gasteiger partial charge is 0.0959 e. The molecule has 0 aromatic carbocycles. The fraction of sp³-hybridized carbons (Fsp3) is 0.579. The third-order valence-corrected chi connectivity index (χ3v) is 5.05. The summed E-state index contributed by atoms with van der Waals surface area (Å²) in [6.45, 7) is 6.39. The Kier molecular flexibility index (Phi) is 4.58. The summed E-state index contributed by atoms with van der Waals surface area (Å²) in [6.07, 6.45) is 10.0. The van der Waals surface area contributed by atoms with Gasteiger partial charge in [0.2, 0.25) is 0 Å². The van der Waals surface area contributed by atoms with Gasteiger partial charge >= 0.3 is 0 Å². The summed E-state index contributed by atoms with van der Waals surface area (Å²) in [7, 11) is 1.96. The average Bonchev–Trinajstić information content (AvgIpc) is 2.97. The second-order valence-corrected chi connectivity index (χ2v) is 7.50. The Morgan fingerprint density at radius 1 is 1.28 bits per heavy atom. The Hall–Kier alpha value is -1.76. The van der Waals surface area contributed by atoms with Gasteiger partial charge in [0, 0.05) is 63.9 Å². The van der Waals surface area contributed by atoms with Gasteiger partial charge in [-0.2, -0.15) is 5.10 Å². The van der Waals surface area contributed by atoms with Gasteiger partial charge in [-0.1, -0.05) is 6.07 Å². The highest BCUT2D eigenvalue weighted by Gasteiger charge is 2.47. The highest BCUT2D eigenvalue weighted by molar-refractivity contribution is 5.15. The molecule has 2 aromatic heterocycles. The molecule has 1 spiro atoms. The molecule has 0 bridgehead atoms. The topological polar surface area (TPSA) is 52.4 Å². The van der Waals surface area contributed by atoms with E-state index in [4.69, 9.17) is 9.47 Å². The lowest BCUT2D eigenvalue weighted by Crippen LogP contribution is -2.65. The number of likely N-dealkylation sites (tertiary alicyclic amines) is 1. The monoisotopic (exact) mass is 342 g/mol. The molecule has 6 heteroatoms. The molecule has 0 amide bonds. The summed E-state index contributed by atoms with van der Waals surface area (Å²) in [5.74, 6) is 0. The fourth-order valence-corrected chi connectivity index (χ4v) is 3.95. The van der Waals surface area contributed by atoms with Gasteiger partial charge in [0.1, 0.15) is 0 Å². The molecular formula is C19H26N4O2. The van der Waals surface area contributed by atoms with E-state index in [2.05, 4.69) is 34.2 Å². The van der Waals surface area contributed by atoms with Gasteiger partial charge < -0.3 is 9.47 Å². The Bertz CT molecular complexity index is 724. The molecule has 6 nitrogen and oxygen atoms in total. The number of aryl methyl sites for hydroxylation is 2. The minimum Gasteiger partial charge on any atom is -0.373 e. The standard InChI is InChI=1S/C19H26N4O2/c1-15-5-16(8-20-7-15)12-24-18-3-4-25-19(6-18)13-23(14-19)11-17-9-21-22(2)10-17/h5,7-10,18H,3-4,6,11-14H2,1-2H3. The van der Waals surface area contributed by atoms with Crippen LogP contribution in [-0.2, 0) is 29.7 Å². The molecule has 2 aliphatic heterocycles. The van der Waals surface area contributed by atoms with Gasteiger partial charge in [0.15, 0.2) is 0 Å². The molecule has 134 valence electrons. The number of aromatic nitrogens is 3. The molecule has 4 rings (SSSR count). The number of hydrogen-bond acceptors (Lipinski definition) is 5. The summed E-state index contributed by atoms with van der Waals surface area (Å²) < 4.78 is 14.1. The van der Waals surface area contributed by atoms with Crippen molar-refractivity contribution in [3.8, 4) is 0 Å². The van der Waals surface area contributed by atoms with Crippen molar-refractivity contribution in [2.24, 2.45) is 7.05 Å². The quantitative estimate of drug-likeness (QED) is 0.833. The maximum absolute atomic E-state index is 6.16. The lowest BCUT2D eigenvalue weighted by atomic mass is 9.84. The second-order valence-electron chi connectivity index (χ2n) is 7.50. The number of ether oxygens (including phenoxy) is 2. The largest absolute Gasteiger partial charge is 0.373 e. The van der Waals surface area contributed by atoms with E-state index in [1.807, 2.05) is 30.3 Å². The summed E-state index contributed by atoms with van der Waals surface area (Å²) in [5, 5.41) is 4.24. The summed E-state index contributed by atoms with van der Waals surface area (Å²) in [5.41, 5.74) is 3.56. The van der Waals surface area contributed by atoms with Crippen molar-refractivity contribution in [1.82, 2.24) is 19.7 Å². The van der Waals surface area contributed by atoms with E-state index in [1.165, 1.54) is 11.1 Å². The van der Waals surface area contributed by atoms with E-state index < -0.39 is 0 Å². The molecule has 4 heterocycles. The molecule has 2 fully saturated rings. The average molecular weight is 342 g/mol. The Morgan fingerprint density at radius 3 is 2.92 bits per heavy atom. The van der Waals surface area contributed by atoms with E-state index >= 15 is 0 Å². The third kappa shape index (κ3) is 3.92. The van der Waals surface area contributed by atoms with Gasteiger partial charge in [-0.15, -0.1) is 0 Å². The zero-order valence-corrected chi connectivity index (χ0v) is 15.0. The van der Waals surface area contributed by atoms with Crippen molar-refractivity contribution in [3.63, 3.8) is 0 Å². The van der Waals surface area contributed by atoms with E-state index in [0.717, 1.165) is 44.6 Å². The molecule has 2 aromatic rings. The van der Waals surface area contributed by atoms with E-state index in [-0.39, 0.29) is 11.7 Å². The first kappa shape index (κ1) is 16.7. The number of pyridine rings is 1. The molecule has 0 saturated carbocycles. The van der Waals surface area contributed by atoms with Crippen LogP contribution in [0.3, 0.4) is 0 Å². The lowest BCUT2D eigenvalue weighted by molar-refractivity contribution is -0.200. The van der Waals surface area contributed by atoms with Gasteiger partial charge in [-0.25, -0.2) is 0 Å². The van der Waals surface area contributed by atoms with Crippen LogP contribution in [-0.4, -0.2) is 51.1 Å². The van der Waals surface area contributed by atoms with Crippen LogP contribution < -0.4 is 0 Å². The predicted molar refractivity (Wildman–Crippen MR) is 94.0 cm³/mol. The Balaban J connectivity index is 1.27. The maximum Gasteiger partial charge on any atom is 0.0959 e. The zero-order chi connectivity index (χ0) is 17.3. The van der Waals surface area contributed by atoms with Crippen LogP contribution in [0, 0.1) is 6.92 Å². The SMILES string of the molecule is Cc1cncc(COC2CCOC3(C2)CN(Cc2cnn(C)c2)C3)c1. The second kappa shape index (κ2) is 6.86. The molecule has 0 aliphatic carbocycles. The van der Waals surface area contributed by atoms with Crippen molar-refractivity contribution in [3.05, 3.63) is 47.5 Å². The zero-order valence-electron chi connectivity index (χ0n) is 15.0. The van der Waals surface area contributed by atoms with Gasteiger partial charge in [0.25, 0.3) is 0 Å². The first-order chi connectivity index (χ1) is 12.1. The maximum atomic E-state index is 6.16. The Labute approximate surface area is 148 Å². The molecule has 2 saturated heterocycles. The Morgan fingerprint density at radius 2 is 2.16 bits per heavy atom. The van der Waals surface area contributed by atoms with Crippen molar-refractivity contribution in [1.29, 1.82) is 0 Å².